The van der Waals surface area contributed by atoms with Crippen LogP contribution in [0.25, 0.3) is 0 Å². The second-order valence-corrected chi connectivity index (χ2v) is 8.00. The molecule has 0 aliphatic carbocycles. The Morgan fingerprint density at radius 2 is 1.53 bits per heavy atom. The molecule has 2 aliphatic heterocycles. The number of carbonyl (C=O) groups excluding carboxylic acids is 1. The van der Waals surface area contributed by atoms with Crippen LogP contribution in [0.1, 0.15) is 52.0 Å². The van der Waals surface area contributed by atoms with Gasteiger partial charge in [0.2, 0.25) is 0 Å². The first-order valence-electron chi connectivity index (χ1n) is 10.5. The van der Waals surface area contributed by atoms with E-state index >= 15 is 0 Å². The number of aryl methyl sites for hydroxylation is 2. The van der Waals surface area contributed by atoms with Gasteiger partial charge in [-0.05, 0) is 75.2 Å². The number of ether oxygens (including phenoxy) is 2. The van der Waals surface area contributed by atoms with Crippen molar-refractivity contribution in [1.82, 2.24) is 0 Å². The Labute approximate surface area is 177 Å². The lowest BCUT2D eigenvalue weighted by Gasteiger charge is -2.38. The summed E-state index contributed by atoms with van der Waals surface area (Å²) in [5.74, 6) is 1.17. The van der Waals surface area contributed by atoms with Crippen molar-refractivity contribution in [3.8, 4) is 11.5 Å². The van der Waals surface area contributed by atoms with E-state index in [-0.39, 0.29) is 5.97 Å². The fraction of sp³-hybridized carbons (Fsp3) is 0.269. The van der Waals surface area contributed by atoms with E-state index in [2.05, 4.69) is 50.8 Å². The Morgan fingerprint density at radius 1 is 0.833 bits per heavy atom. The predicted molar refractivity (Wildman–Crippen MR) is 118 cm³/mol. The number of fused-ring (bicyclic) bond motifs is 6. The molecule has 30 heavy (non-hydrogen) atoms. The highest BCUT2D eigenvalue weighted by molar-refractivity contribution is 5.97. The van der Waals surface area contributed by atoms with Gasteiger partial charge in [0.05, 0.1) is 5.56 Å². The summed E-state index contributed by atoms with van der Waals surface area (Å²) in [4.78, 5) is 15.3. The van der Waals surface area contributed by atoms with Crippen LogP contribution in [0.2, 0.25) is 0 Å². The first kappa shape index (κ1) is 18.7. The average molecular weight is 399 g/mol. The molecule has 3 aromatic carbocycles. The zero-order valence-corrected chi connectivity index (χ0v) is 17.8. The third kappa shape index (κ3) is 2.43. The number of nitrogens with zero attached hydrogens (tertiary/aromatic N) is 1. The molecule has 2 aliphatic rings. The van der Waals surface area contributed by atoms with Crippen LogP contribution in [-0.2, 0) is 10.3 Å². The molecule has 1 spiro atoms. The van der Waals surface area contributed by atoms with Crippen molar-refractivity contribution in [3.63, 3.8) is 0 Å². The fourth-order valence-electron chi connectivity index (χ4n) is 4.70. The molecule has 0 fully saturated rings. The summed E-state index contributed by atoms with van der Waals surface area (Å²) in [5.41, 5.74) is 5.62. The van der Waals surface area contributed by atoms with Crippen molar-refractivity contribution in [2.45, 2.75) is 33.3 Å². The zero-order chi connectivity index (χ0) is 21.0. The van der Waals surface area contributed by atoms with Crippen LogP contribution in [0, 0.1) is 13.8 Å². The summed E-state index contributed by atoms with van der Waals surface area (Å²) in [5, 5.41) is 0. The highest BCUT2D eigenvalue weighted by Gasteiger charge is 2.53. The topological polar surface area (TPSA) is 38.8 Å². The molecule has 4 nitrogen and oxygen atoms in total. The maximum atomic E-state index is 13.0. The first-order chi connectivity index (χ1) is 14.5. The molecule has 0 N–H and O–H groups in total. The Bertz CT molecular complexity index is 1180. The molecule has 2 heterocycles. The van der Waals surface area contributed by atoms with Gasteiger partial charge in [-0.2, -0.15) is 0 Å². The van der Waals surface area contributed by atoms with E-state index in [9.17, 15) is 4.79 Å². The monoisotopic (exact) mass is 399 g/mol. The van der Waals surface area contributed by atoms with Gasteiger partial charge < -0.3 is 14.4 Å². The molecule has 0 saturated carbocycles. The molecule has 0 amide bonds. The molecule has 4 heteroatoms. The van der Waals surface area contributed by atoms with Crippen LogP contribution < -0.4 is 9.64 Å². The van der Waals surface area contributed by atoms with Crippen LogP contribution in [0.4, 0.5) is 5.69 Å². The molecule has 1 unspecified atom stereocenters. The van der Waals surface area contributed by atoms with Crippen LogP contribution >= 0.6 is 0 Å². The minimum atomic E-state index is -1.00. The minimum absolute atomic E-state index is 0.295. The molecule has 0 aromatic heterocycles. The number of rotatable bonds is 3. The van der Waals surface area contributed by atoms with Crippen LogP contribution in [0.5, 0.6) is 11.5 Å². The van der Waals surface area contributed by atoms with E-state index in [0.29, 0.717) is 5.56 Å². The molecule has 5 rings (SSSR count). The zero-order valence-electron chi connectivity index (χ0n) is 17.8. The smallest absolute Gasteiger partial charge is 0.340 e. The van der Waals surface area contributed by atoms with E-state index in [1.54, 1.807) is 0 Å². The number of anilines is 1. The van der Waals surface area contributed by atoms with Crippen molar-refractivity contribution in [2.24, 2.45) is 0 Å². The second-order valence-electron chi connectivity index (χ2n) is 8.00. The number of benzene rings is 3. The Hall–Kier alpha value is -3.27. The van der Waals surface area contributed by atoms with Gasteiger partial charge in [-0.25, -0.2) is 4.79 Å². The van der Waals surface area contributed by atoms with Gasteiger partial charge in [-0.3, -0.25) is 0 Å². The molecule has 0 radical (unpaired) electrons. The van der Waals surface area contributed by atoms with Gasteiger partial charge in [0.1, 0.15) is 11.5 Å². The average Bonchev–Trinajstić information content (AvgIpc) is 3.05. The SMILES string of the molecule is CCN(CC)c1ccc2c(c1)C1(OC(=O)c3ccccc31)c1cc(C)c(C)cc1O2. The summed E-state index contributed by atoms with van der Waals surface area (Å²) in [6, 6.07) is 18.0. The molecule has 0 saturated heterocycles. The van der Waals surface area contributed by atoms with Gasteiger partial charge >= 0.3 is 5.97 Å². The standard InChI is InChI=1S/C26H25NO3/c1-5-27(6-2)18-11-12-23-22(15-18)26(20-10-8-7-9-19(20)25(28)30-26)21-13-16(3)17(4)14-24(21)29-23/h7-15H,5-6H2,1-4H3. The number of hydrogen-bond acceptors (Lipinski definition) is 4. The van der Waals surface area contributed by atoms with E-state index in [1.165, 1.54) is 0 Å². The van der Waals surface area contributed by atoms with Gasteiger partial charge in [0, 0.05) is 35.5 Å². The second kappa shape index (κ2) is 6.63. The Kier molecular flexibility index (Phi) is 4.14. The molecular formula is C26H25NO3. The van der Waals surface area contributed by atoms with Gasteiger partial charge in [0.15, 0.2) is 5.60 Å². The lowest BCUT2D eigenvalue weighted by molar-refractivity contribution is 0.0224. The Morgan fingerprint density at radius 3 is 2.30 bits per heavy atom. The van der Waals surface area contributed by atoms with Crippen molar-refractivity contribution >= 4 is 11.7 Å². The van der Waals surface area contributed by atoms with Crippen molar-refractivity contribution in [2.75, 3.05) is 18.0 Å². The van der Waals surface area contributed by atoms with Gasteiger partial charge in [-0.15, -0.1) is 0 Å². The summed E-state index contributed by atoms with van der Waals surface area (Å²) in [6.07, 6.45) is 0. The minimum Gasteiger partial charge on any atom is -0.456 e. The van der Waals surface area contributed by atoms with E-state index in [0.717, 1.165) is 58.1 Å². The number of hydrogen-bond donors (Lipinski definition) is 0. The van der Waals surface area contributed by atoms with Gasteiger partial charge in [-0.1, -0.05) is 18.2 Å². The molecule has 152 valence electrons. The first-order valence-corrected chi connectivity index (χ1v) is 10.5. The molecule has 1 atom stereocenters. The third-order valence-corrected chi connectivity index (χ3v) is 6.44. The lowest BCUT2D eigenvalue weighted by Crippen LogP contribution is -2.34. The highest BCUT2D eigenvalue weighted by Crippen LogP contribution is 2.57. The van der Waals surface area contributed by atoms with Crippen LogP contribution in [-0.4, -0.2) is 19.1 Å². The maximum Gasteiger partial charge on any atom is 0.340 e. The summed E-state index contributed by atoms with van der Waals surface area (Å²) < 4.78 is 12.6. The molecule has 3 aromatic rings. The Balaban J connectivity index is 1.85. The largest absolute Gasteiger partial charge is 0.456 e. The molecular weight excluding hydrogens is 374 g/mol. The van der Waals surface area contributed by atoms with E-state index in [4.69, 9.17) is 9.47 Å². The maximum absolute atomic E-state index is 13.0. The summed E-state index contributed by atoms with van der Waals surface area (Å²) in [6.45, 7) is 10.2. The predicted octanol–water partition coefficient (Wildman–Crippen LogP) is 5.72. The summed E-state index contributed by atoms with van der Waals surface area (Å²) in [7, 11) is 0. The lowest BCUT2D eigenvalue weighted by atomic mass is 9.76. The summed E-state index contributed by atoms with van der Waals surface area (Å²) >= 11 is 0. The quantitative estimate of drug-likeness (QED) is 0.528. The third-order valence-electron chi connectivity index (χ3n) is 6.44. The van der Waals surface area contributed by atoms with Crippen LogP contribution in [0.3, 0.4) is 0 Å². The number of carbonyl (C=O) groups is 1. The van der Waals surface area contributed by atoms with Crippen molar-refractivity contribution < 1.29 is 14.3 Å². The number of esters is 1. The normalized spacial score (nSPS) is 18.3. The van der Waals surface area contributed by atoms with Crippen molar-refractivity contribution in [3.05, 3.63) is 88.0 Å². The van der Waals surface area contributed by atoms with Crippen LogP contribution in [0.15, 0.2) is 54.6 Å². The van der Waals surface area contributed by atoms with E-state index < -0.39 is 5.60 Å². The fourth-order valence-corrected chi connectivity index (χ4v) is 4.70. The van der Waals surface area contributed by atoms with E-state index in [1.807, 2.05) is 36.4 Å². The molecule has 0 bridgehead atoms. The van der Waals surface area contributed by atoms with Crippen molar-refractivity contribution in [1.29, 1.82) is 0 Å². The van der Waals surface area contributed by atoms with Gasteiger partial charge in [0.25, 0.3) is 0 Å². The highest BCUT2D eigenvalue weighted by atomic mass is 16.6.